The van der Waals surface area contributed by atoms with Crippen molar-refractivity contribution in [3.8, 4) is 11.1 Å². The molecule has 1 atom stereocenters. The first-order valence-corrected chi connectivity index (χ1v) is 11.9. The molecule has 0 heterocycles. The summed E-state index contributed by atoms with van der Waals surface area (Å²) in [4.78, 5) is 37.5. The van der Waals surface area contributed by atoms with Gasteiger partial charge in [0.05, 0.1) is 0 Å². The Bertz CT molecular complexity index is 974. The number of carbonyl (C=O) groups excluding carboxylic acids is 2. The zero-order valence-corrected chi connectivity index (χ0v) is 20.1. The summed E-state index contributed by atoms with van der Waals surface area (Å²) in [5, 5.41) is 11.8. The summed E-state index contributed by atoms with van der Waals surface area (Å²) in [5.74, 6) is -1.04. The Morgan fingerprint density at radius 3 is 2.15 bits per heavy atom. The van der Waals surface area contributed by atoms with E-state index in [4.69, 9.17) is 9.84 Å². The largest absolute Gasteiger partial charge is 0.480 e. The molecule has 0 fully saturated rings. The molecule has 2 amide bonds. The highest BCUT2D eigenvalue weighted by Gasteiger charge is 2.29. The molecule has 2 aromatic rings. The van der Waals surface area contributed by atoms with Gasteiger partial charge in [-0.1, -0.05) is 62.4 Å². The van der Waals surface area contributed by atoms with Crippen LogP contribution in [-0.4, -0.2) is 54.2 Å². The minimum atomic E-state index is -1.03. The number of aliphatic carboxylic acids is 1. The lowest BCUT2D eigenvalue weighted by molar-refractivity contribution is -0.144. The van der Waals surface area contributed by atoms with Crippen molar-refractivity contribution in [2.75, 3.05) is 26.2 Å². The third kappa shape index (κ3) is 6.37. The molecule has 182 valence electrons. The van der Waals surface area contributed by atoms with Crippen LogP contribution in [0.1, 0.15) is 50.7 Å². The van der Waals surface area contributed by atoms with Gasteiger partial charge in [0.2, 0.25) is 5.91 Å². The second kappa shape index (κ2) is 11.7. The van der Waals surface area contributed by atoms with Crippen LogP contribution in [-0.2, 0) is 14.3 Å². The molecule has 34 heavy (non-hydrogen) atoms. The molecule has 0 aromatic heterocycles. The lowest BCUT2D eigenvalue weighted by atomic mass is 9.93. The summed E-state index contributed by atoms with van der Waals surface area (Å²) in [6.07, 6.45) is 0.407. The number of fused-ring (bicyclic) bond motifs is 3. The number of benzene rings is 2. The maximum atomic E-state index is 12.6. The van der Waals surface area contributed by atoms with Gasteiger partial charge in [0.15, 0.2) is 0 Å². The Kier molecular flexibility index (Phi) is 8.68. The van der Waals surface area contributed by atoms with Crippen LogP contribution >= 0.6 is 0 Å². The Balaban J connectivity index is 1.57. The maximum absolute atomic E-state index is 12.6. The molecule has 7 heteroatoms. The first-order valence-electron chi connectivity index (χ1n) is 11.9. The van der Waals surface area contributed by atoms with E-state index in [9.17, 15) is 14.4 Å². The number of rotatable bonds is 11. The van der Waals surface area contributed by atoms with Crippen LogP contribution in [0.25, 0.3) is 11.1 Å². The van der Waals surface area contributed by atoms with Crippen LogP contribution in [0.2, 0.25) is 0 Å². The number of likely N-dealkylation sites (N-methyl/N-ethyl adjacent to an activating group) is 1. The van der Waals surface area contributed by atoms with Gasteiger partial charge in [0, 0.05) is 25.4 Å². The normalized spacial score (nSPS) is 13.2. The summed E-state index contributed by atoms with van der Waals surface area (Å²) in [7, 11) is 0. The first-order chi connectivity index (χ1) is 16.3. The van der Waals surface area contributed by atoms with Crippen molar-refractivity contribution in [3.05, 3.63) is 59.7 Å². The molecule has 0 radical (unpaired) electrons. The number of alkyl carbamates (subject to hydrolysis) is 1. The number of carbonyl (C=O) groups is 3. The lowest BCUT2D eigenvalue weighted by Gasteiger charge is -2.24. The molecule has 2 N–H and O–H groups in total. The Morgan fingerprint density at radius 2 is 1.62 bits per heavy atom. The van der Waals surface area contributed by atoms with Crippen molar-refractivity contribution >= 4 is 18.0 Å². The molecular weight excluding hydrogens is 432 g/mol. The zero-order chi connectivity index (χ0) is 24.7. The Morgan fingerprint density at radius 1 is 1.03 bits per heavy atom. The number of nitrogens with zero attached hydrogens (tertiary/aromatic N) is 1. The molecule has 1 aliphatic rings. The molecule has 3 rings (SSSR count). The van der Waals surface area contributed by atoms with E-state index >= 15 is 0 Å². The standard InChI is InChI=1S/C27H34N2O5/c1-4-29(16-26(31)32)25(30)14-19(13-18(2)3)15-28-27(33)34-17-24-22-11-7-5-9-20(22)21-10-6-8-12-23(21)24/h5-12,18-19,24H,4,13-17H2,1-3H3,(H,28,33)(H,31,32). The van der Waals surface area contributed by atoms with Gasteiger partial charge in [-0.15, -0.1) is 0 Å². The quantitative estimate of drug-likeness (QED) is 0.508. The van der Waals surface area contributed by atoms with Gasteiger partial charge in [-0.2, -0.15) is 0 Å². The number of amides is 2. The molecule has 1 unspecified atom stereocenters. The van der Waals surface area contributed by atoms with Gasteiger partial charge in [0.1, 0.15) is 13.2 Å². The molecule has 0 saturated carbocycles. The fourth-order valence-electron chi connectivity index (χ4n) is 4.70. The molecular formula is C27H34N2O5. The second-order valence-corrected chi connectivity index (χ2v) is 9.21. The Hall–Kier alpha value is -3.35. The average Bonchev–Trinajstić information content (AvgIpc) is 3.12. The van der Waals surface area contributed by atoms with Crippen LogP contribution in [0.4, 0.5) is 4.79 Å². The predicted octanol–water partition coefficient (Wildman–Crippen LogP) is 4.51. The molecule has 2 aromatic carbocycles. The number of carboxylic acid groups (broad SMARTS) is 1. The number of nitrogens with one attached hydrogen (secondary N) is 1. The third-order valence-corrected chi connectivity index (χ3v) is 6.21. The van der Waals surface area contributed by atoms with E-state index < -0.39 is 12.1 Å². The summed E-state index contributed by atoms with van der Waals surface area (Å²) in [5.41, 5.74) is 4.64. The number of hydrogen-bond donors (Lipinski definition) is 2. The van der Waals surface area contributed by atoms with E-state index in [0.717, 1.165) is 17.5 Å². The molecule has 7 nitrogen and oxygen atoms in total. The van der Waals surface area contributed by atoms with Gasteiger partial charge < -0.3 is 20.1 Å². The smallest absolute Gasteiger partial charge is 0.407 e. The fraction of sp³-hybridized carbons (Fsp3) is 0.444. The van der Waals surface area contributed by atoms with Crippen molar-refractivity contribution in [2.45, 2.75) is 39.5 Å². The molecule has 0 spiro atoms. The molecule has 0 aliphatic heterocycles. The van der Waals surface area contributed by atoms with E-state index in [2.05, 4.69) is 43.4 Å². The molecule has 1 aliphatic carbocycles. The third-order valence-electron chi connectivity index (χ3n) is 6.21. The average molecular weight is 467 g/mol. The van der Waals surface area contributed by atoms with Gasteiger partial charge in [-0.3, -0.25) is 9.59 Å². The first kappa shape index (κ1) is 25.3. The van der Waals surface area contributed by atoms with Crippen LogP contribution in [0, 0.1) is 11.8 Å². The van der Waals surface area contributed by atoms with E-state index in [1.165, 1.54) is 16.0 Å². The minimum Gasteiger partial charge on any atom is -0.480 e. The summed E-state index contributed by atoms with van der Waals surface area (Å²) >= 11 is 0. The van der Waals surface area contributed by atoms with E-state index in [1.807, 2.05) is 24.3 Å². The SMILES string of the molecule is CCN(CC(=O)O)C(=O)CC(CNC(=O)OCC1c2ccccc2-c2ccccc21)CC(C)C. The highest BCUT2D eigenvalue weighted by molar-refractivity contribution is 5.81. The topological polar surface area (TPSA) is 95.9 Å². The number of hydrogen-bond acceptors (Lipinski definition) is 4. The van der Waals surface area contributed by atoms with Crippen molar-refractivity contribution in [3.63, 3.8) is 0 Å². The van der Waals surface area contributed by atoms with E-state index in [0.29, 0.717) is 19.0 Å². The number of ether oxygens (including phenoxy) is 1. The highest BCUT2D eigenvalue weighted by atomic mass is 16.5. The summed E-state index contributed by atoms with van der Waals surface area (Å²) in [6, 6.07) is 16.3. The van der Waals surface area contributed by atoms with E-state index in [-0.39, 0.29) is 37.3 Å². The predicted molar refractivity (Wildman–Crippen MR) is 131 cm³/mol. The van der Waals surface area contributed by atoms with E-state index in [1.54, 1.807) is 6.92 Å². The fourth-order valence-corrected chi connectivity index (χ4v) is 4.70. The van der Waals surface area contributed by atoms with Crippen molar-refractivity contribution in [1.82, 2.24) is 10.2 Å². The van der Waals surface area contributed by atoms with Gasteiger partial charge in [-0.25, -0.2) is 4.79 Å². The number of carboxylic acids is 1. The van der Waals surface area contributed by atoms with Crippen LogP contribution in [0.5, 0.6) is 0 Å². The molecule has 0 saturated heterocycles. The van der Waals surface area contributed by atoms with Crippen LogP contribution < -0.4 is 5.32 Å². The van der Waals surface area contributed by atoms with Gasteiger partial charge in [0.25, 0.3) is 0 Å². The van der Waals surface area contributed by atoms with Crippen molar-refractivity contribution < 1.29 is 24.2 Å². The molecule has 0 bridgehead atoms. The summed E-state index contributed by atoms with van der Waals surface area (Å²) in [6.45, 7) is 6.41. The van der Waals surface area contributed by atoms with Crippen LogP contribution in [0.3, 0.4) is 0 Å². The summed E-state index contributed by atoms with van der Waals surface area (Å²) < 4.78 is 5.60. The second-order valence-electron chi connectivity index (χ2n) is 9.21. The maximum Gasteiger partial charge on any atom is 0.407 e. The van der Waals surface area contributed by atoms with Gasteiger partial charge >= 0.3 is 12.1 Å². The zero-order valence-electron chi connectivity index (χ0n) is 20.1. The van der Waals surface area contributed by atoms with Crippen LogP contribution in [0.15, 0.2) is 48.5 Å². The lowest BCUT2D eigenvalue weighted by Crippen LogP contribution is -2.38. The van der Waals surface area contributed by atoms with Crippen molar-refractivity contribution in [1.29, 1.82) is 0 Å². The van der Waals surface area contributed by atoms with Crippen molar-refractivity contribution in [2.24, 2.45) is 11.8 Å². The minimum absolute atomic E-state index is 0.0136. The Labute approximate surface area is 201 Å². The van der Waals surface area contributed by atoms with Gasteiger partial charge in [-0.05, 0) is 47.4 Å². The monoisotopic (exact) mass is 466 g/mol. The highest BCUT2D eigenvalue weighted by Crippen LogP contribution is 2.44.